The topological polar surface area (TPSA) is 15.6 Å². The van der Waals surface area contributed by atoms with Crippen molar-refractivity contribution in [1.29, 1.82) is 0 Å². The normalized spacial score (nSPS) is 54.3. The molecular weight excluding hydrogens is 198 g/mol. The second-order valence-electron chi connectivity index (χ2n) is 5.20. The van der Waals surface area contributed by atoms with Crippen LogP contribution in [0, 0.1) is 11.8 Å². The van der Waals surface area contributed by atoms with Crippen molar-refractivity contribution in [3.05, 3.63) is 0 Å². The van der Waals surface area contributed by atoms with Gasteiger partial charge in [-0.2, -0.15) is 4.39 Å². The van der Waals surface area contributed by atoms with Gasteiger partial charge in [0.25, 0.3) is 0 Å². The van der Waals surface area contributed by atoms with E-state index < -0.39 is 18.3 Å². The lowest BCUT2D eigenvalue weighted by Gasteiger charge is -2.51. The van der Waals surface area contributed by atoms with Crippen molar-refractivity contribution in [3.8, 4) is 0 Å². The highest BCUT2D eigenvalue weighted by molar-refractivity contribution is 5.72. The molecule has 4 heteroatoms. The summed E-state index contributed by atoms with van der Waals surface area (Å²) in [5.74, 6) is 0.757. The molecule has 4 unspecified atom stereocenters. The average Bonchev–Trinajstić information content (AvgIpc) is 2.44. The Morgan fingerprint density at radius 1 is 1.40 bits per heavy atom. The van der Waals surface area contributed by atoms with Crippen LogP contribution < -0.4 is 0 Å². The third-order valence-corrected chi connectivity index (χ3v) is 4.30. The number of rotatable bonds is 1. The summed E-state index contributed by atoms with van der Waals surface area (Å²) >= 11 is 0. The van der Waals surface area contributed by atoms with Crippen LogP contribution in [-0.2, 0) is 0 Å². The highest BCUT2D eigenvalue weighted by Gasteiger charge is 2.63. The number of hydrogen-bond donors (Lipinski definition) is 0. The lowest BCUT2D eigenvalue weighted by molar-refractivity contribution is -0.111. The molecule has 0 bridgehead atoms. The first-order chi connectivity index (χ1) is 7.09. The first-order valence-electron chi connectivity index (χ1n) is 5.71. The van der Waals surface area contributed by atoms with Gasteiger partial charge in [0.1, 0.15) is 6.04 Å². The van der Waals surface area contributed by atoms with Crippen molar-refractivity contribution in [2.45, 2.75) is 51.1 Å². The number of aliphatic imine (C=N–C) groups is 1. The fraction of sp³-hybridized carbons (Fsp3) is 0.909. The van der Waals surface area contributed by atoms with E-state index >= 15 is 0 Å². The molecule has 0 spiro atoms. The van der Waals surface area contributed by atoms with Crippen LogP contribution in [0.4, 0.5) is 8.78 Å². The zero-order chi connectivity index (χ0) is 10.7. The molecular formula is C11H16F2N2. The maximum atomic E-state index is 13.8. The van der Waals surface area contributed by atoms with E-state index in [2.05, 4.69) is 11.9 Å². The Bertz CT molecular complexity index is 314. The molecule has 0 radical (unpaired) electrons. The summed E-state index contributed by atoms with van der Waals surface area (Å²) in [6, 6.07) is 0.148. The molecule has 2 heterocycles. The Morgan fingerprint density at radius 2 is 2.13 bits per heavy atom. The van der Waals surface area contributed by atoms with Crippen LogP contribution in [0.2, 0.25) is 0 Å². The molecule has 0 aromatic carbocycles. The largest absolute Gasteiger partial charge is 0.263 e. The van der Waals surface area contributed by atoms with E-state index in [1.54, 1.807) is 0 Å². The first-order valence-corrected chi connectivity index (χ1v) is 5.71. The van der Waals surface area contributed by atoms with Gasteiger partial charge in [-0.15, -0.1) is 0 Å². The smallest absolute Gasteiger partial charge is 0.181 e. The van der Waals surface area contributed by atoms with E-state index in [0.29, 0.717) is 17.9 Å². The first kappa shape index (κ1) is 9.70. The van der Waals surface area contributed by atoms with E-state index in [1.807, 2.05) is 4.90 Å². The van der Waals surface area contributed by atoms with Gasteiger partial charge in [0.05, 0.1) is 0 Å². The lowest BCUT2D eigenvalue weighted by atomic mass is 9.71. The second kappa shape index (κ2) is 3.00. The van der Waals surface area contributed by atoms with Crippen LogP contribution in [0.25, 0.3) is 0 Å². The second-order valence-corrected chi connectivity index (χ2v) is 5.20. The van der Waals surface area contributed by atoms with Crippen molar-refractivity contribution in [2.75, 3.05) is 0 Å². The summed E-state index contributed by atoms with van der Waals surface area (Å²) < 4.78 is 26.4. The predicted octanol–water partition coefficient (Wildman–Crippen LogP) is 2.15. The average molecular weight is 214 g/mol. The Kier molecular flexibility index (Phi) is 1.94. The number of hydrogen-bond acceptors (Lipinski definition) is 2. The molecule has 3 rings (SSSR count). The molecule has 84 valence electrons. The maximum Gasteiger partial charge on any atom is 0.181 e. The molecule has 3 fully saturated rings. The summed E-state index contributed by atoms with van der Waals surface area (Å²) in [5.41, 5.74) is 0. The third kappa shape index (κ3) is 1.14. The molecule has 0 aromatic rings. The van der Waals surface area contributed by atoms with Gasteiger partial charge >= 0.3 is 0 Å². The molecule has 0 aromatic heterocycles. The Morgan fingerprint density at radius 3 is 2.73 bits per heavy atom. The lowest BCUT2D eigenvalue weighted by Crippen LogP contribution is -2.66. The van der Waals surface area contributed by atoms with Crippen LogP contribution >= 0.6 is 0 Å². The zero-order valence-electron chi connectivity index (χ0n) is 9.03. The molecule has 15 heavy (non-hydrogen) atoms. The minimum atomic E-state index is -1.04. The number of alkyl halides is 1. The van der Waals surface area contributed by atoms with Crippen LogP contribution in [0.15, 0.2) is 4.99 Å². The number of fused-ring (bicyclic) bond motifs is 3. The van der Waals surface area contributed by atoms with Gasteiger partial charge in [0.15, 0.2) is 12.3 Å². The number of nitrogens with zero attached hydrogens (tertiary/aromatic N) is 2. The van der Waals surface area contributed by atoms with Crippen molar-refractivity contribution in [2.24, 2.45) is 16.8 Å². The summed E-state index contributed by atoms with van der Waals surface area (Å²) in [6.07, 6.45) is 1.17. The van der Waals surface area contributed by atoms with E-state index in [1.165, 1.54) is 13.3 Å². The Hall–Kier alpha value is -0.510. The molecule has 6 atom stereocenters. The molecule has 2 saturated heterocycles. The molecule has 1 saturated carbocycles. The van der Waals surface area contributed by atoms with Crippen LogP contribution in [0.5, 0.6) is 0 Å². The quantitative estimate of drug-likeness (QED) is 0.482. The summed E-state index contributed by atoms with van der Waals surface area (Å²) in [6.45, 7) is 3.47. The third-order valence-electron chi connectivity index (χ3n) is 4.30. The highest BCUT2D eigenvalue weighted by Crippen LogP contribution is 2.54. The minimum absolute atomic E-state index is 0.172. The Balaban J connectivity index is 1.77. The van der Waals surface area contributed by atoms with Crippen molar-refractivity contribution < 1.29 is 8.78 Å². The fourth-order valence-electron chi connectivity index (χ4n) is 3.73. The van der Waals surface area contributed by atoms with Gasteiger partial charge in [0.2, 0.25) is 0 Å². The van der Waals surface area contributed by atoms with Crippen molar-refractivity contribution in [3.63, 3.8) is 0 Å². The zero-order valence-corrected chi connectivity index (χ0v) is 9.03. The minimum Gasteiger partial charge on any atom is -0.263 e. The van der Waals surface area contributed by atoms with Crippen LogP contribution in [0.3, 0.4) is 0 Å². The SMILES string of the molecule is C/C(F)=N\[C@H]1C(F)N2C1CC1CC(C)[C@H]12. The standard InChI is InChI=1S/C11H16F2N2/c1-5-3-7-4-8-9(14-6(2)12)11(13)15(8)10(5)7/h5,7-11H,3-4H2,1-2H3/b14-6+/t5?,7?,8?,9-,10-,11?/m1/s1. The highest BCUT2D eigenvalue weighted by atomic mass is 19.1. The van der Waals surface area contributed by atoms with Gasteiger partial charge in [-0.05, 0) is 24.7 Å². The van der Waals surface area contributed by atoms with Crippen molar-refractivity contribution in [1.82, 2.24) is 4.90 Å². The summed E-state index contributed by atoms with van der Waals surface area (Å²) in [4.78, 5) is 5.69. The van der Waals surface area contributed by atoms with E-state index in [-0.39, 0.29) is 6.04 Å². The van der Waals surface area contributed by atoms with E-state index in [9.17, 15) is 8.78 Å². The van der Waals surface area contributed by atoms with Gasteiger partial charge in [0, 0.05) is 19.0 Å². The van der Waals surface area contributed by atoms with Gasteiger partial charge in [-0.1, -0.05) is 6.92 Å². The summed E-state index contributed by atoms with van der Waals surface area (Å²) in [5, 5.41) is 0. The maximum absolute atomic E-state index is 13.8. The fourth-order valence-corrected chi connectivity index (χ4v) is 3.73. The van der Waals surface area contributed by atoms with Crippen molar-refractivity contribution >= 4 is 5.97 Å². The van der Waals surface area contributed by atoms with E-state index in [4.69, 9.17) is 0 Å². The monoisotopic (exact) mass is 214 g/mol. The molecule has 1 aliphatic carbocycles. The predicted molar refractivity (Wildman–Crippen MR) is 54.2 cm³/mol. The molecule has 3 aliphatic rings. The van der Waals surface area contributed by atoms with Crippen LogP contribution in [0.1, 0.15) is 26.7 Å². The van der Waals surface area contributed by atoms with E-state index in [0.717, 1.165) is 6.42 Å². The Labute approximate surface area is 88.4 Å². The molecule has 0 amide bonds. The molecule has 2 nitrogen and oxygen atoms in total. The van der Waals surface area contributed by atoms with Crippen LogP contribution in [-0.4, -0.2) is 35.3 Å². The molecule has 0 N–H and O–H groups in total. The summed E-state index contributed by atoms with van der Waals surface area (Å²) in [7, 11) is 0. The van der Waals surface area contributed by atoms with Gasteiger partial charge < -0.3 is 0 Å². The van der Waals surface area contributed by atoms with Gasteiger partial charge in [-0.3, -0.25) is 9.89 Å². The number of halogens is 2. The van der Waals surface area contributed by atoms with Gasteiger partial charge in [-0.25, -0.2) is 4.39 Å². The molecule has 2 aliphatic heterocycles.